The van der Waals surface area contributed by atoms with Crippen LogP contribution < -0.4 is 4.72 Å². The zero-order chi connectivity index (χ0) is 14.3. The quantitative estimate of drug-likeness (QED) is 0.359. The SMILES string of the molecule is C/C=C/CCNS(=O)(=O)Cc1ccc([N+](=O)[O-])cc1. The number of sulfonamides is 1. The summed E-state index contributed by atoms with van der Waals surface area (Å²) in [6.07, 6.45) is 4.36. The smallest absolute Gasteiger partial charge is 0.258 e. The Balaban J connectivity index is 2.60. The molecule has 104 valence electrons. The molecule has 0 aromatic heterocycles. The van der Waals surface area contributed by atoms with Gasteiger partial charge in [-0.05, 0) is 18.9 Å². The van der Waals surface area contributed by atoms with Crippen molar-refractivity contribution in [2.24, 2.45) is 0 Å². The lowest BCUT2D eigenvalue weighted by molar-refractivity contribution is -0.384. The van der Waals surface area contributed by atoms with Gasteiger partial charge in [0, 0.05) is 18.7 Å². The Bertz CT molecular complexity index is 550. The van der Waals surface area contributed by atoms with Gasteiger partial charge in [-0.25, -0.2) is 13.1 Å². The minimum atomic E-state index is -3.40. The Morgan fingerprint density at radius 2 is 1.95 bits per heavy atom. The molecule has 1 aromatic carbocycles. The van der Waals surface area contributed by atoms with Crippen LogP contribution in [0.4, 0.5) is 5.69 Å². The van der Waals surface area contributed by atoms with Gasteiger partial charge in [0.25, 0.3) is 5.69 Å². The van der Waals surface area contributed by atoms with E-state index < -0.39 is 14.9 Å². The molecule has 0 radical (unpaired) electrons. The summed E-state index contributed by atoms with van der Waals surface area (Å²) in [5, 5.41) is 10.5. The van der Waals surface area contributed by atoms with Crippen molar-refractivity contribution in [1.29, 1.82) is 0 Å². The highest BCUT2D eigenvalue weighted by Gasteiger charge is 2.12. The molecule has 0 aliphatic rings. The predicted molar refractivity (Wildman–Crippen MR) is 73.2 cm³/mol. The van der Waals surface area contributed by atoms with Gasteiger partial charge in [-0.2, -0.15) is 0 Å². The van der Waals surface area contributed by atoms with Crippen LogP contribution in [0.25, 0.3) is 0 Å². The lowest BCUT2D eigenvalue weighted by Crippen LogP contribution is -2.25. The summed E-state index contributed by atoms with van der Waals surface area (Å²) in [4.78, 5) is 9.95. The van der Waals surface area contributed by atoms with Crippen molar-refractivity contribution in [2.45, 2.75) is 19.1 Å². The third-order valence-corrected chi connectivity index (χ3v) is 3.73. The van der Waals surface area contributed by atoms with Crippen LogP contribution in [-0.2, 0) is 15.8 Å². The minimum Gasteiger partial charge on any atom is -0.258 e. The van der Waals surface area contributed by atoms with Crippen molar-refractivity contribution < 1.29 is 13.3 Å². The number of nitrogens with zero attached hydrogens (tertiary/aromatic N) is 1. The first-order chi connectivity index (χ1) is 8.94. The number of nitro benzene ring substituents is 1. The highest BCUT2D eigenvalue weighted by atomic mass is 32.2. The molecule has 0 amide bonds. The first kappa shape index (κ1) is 15.3. The van der Waals surface area contributed by atoms with E-state index in [-0.39, 0.29) is 11.4 Å². The van der Waals surface area contributed by atoms with Gasteiger partial charge in [-0.1, -0.05) is 24.3 Å². The summed E-state index contributed by atoms with van der Waals surface area (Å²) >= 11 is 0. The van der Waals surface area contributed by atoms with Gasteiger partial charge in [0.2, 0.25) is 10.0 Å². The van der Waals surface area contributed by atoms with Gasteiger partial charge in [0.15, 0.2) is 0 Å². The average molecular weight is 284 g/mol. The normalized spacial score (nSPS) is 11.8. The van der Waals surface area contributed by atoms with E-state index in [0.29, 0.717) is 18.5 Å². The summed E-state index contributed by atoms with van der Waals surface area (Å²) in [5.41, 5.74) is 0.464. The Hall–Kier alpha value is -1.73. The number of non-ortho nitro benzene ring substituents is 1. The third kappa shape index (κ3) is 5.62. The second kappa shape index (κ2) is 7.01. The molecule has 0 unspecified atom stereocenters. The zero-order valence-corrected chi connectivity index (χ0v) is 11.4. The number of hydrogen-bond donors (Lipinski definition) is 1. The van der Waals surface area contributed by atoms with Gasteiger partial charge in [0.1, 0.15) is 0 Å². The van der Waals surface area contributed by atoms with Crippen molar-refractivity contribution in [3.8, 4) is 0 Å². The predicted octanol–water partition coefficient (Wildman–Crippen LogP) is 1.98. The Morgan fingerprint density at radius 1 is 1.32 bits per heavy atom. The minimum absolute atomic E-state index is 0.0535. The molecule has 0 heterocycles. The second-order valence-corrected chi connectivity index (χ2v) is 5.74. The van der Waals surface area contributed by atoms with Crippen LogP contribution in [0.5, 0.6) is 0 Å². The lowest BCUT2D eigenvalue weighted by Gasteiger charge is -2.05. The fourth-order valence-electron chi connectivity index (χ4n) is 1.45. The van der Waals surface area contributed by atoms with E-state index in [4.69, 9.17) is 0 Å². The maximum absolute atomic E-state index is 11.7. The largest absolute Gasteiger partial charge is 0.269 e. The lowest BCUT2D eigenvalue weighted by atomic mass is 10.2. The second-order valence-electron chi connectivity index (χ2n) is 3.93. The average Bonchev–Trinajstić information content (AvgIpc) is 2.35. The molecular formula is C12H16N2O4S. The summed E-state index contributed by atoms with van der Waals surface area (Å²) in [7, 11) is -3.40. The van der Waals surface area contributed by atoms with Crippen molar-refractivity contribution in [1.82, 2.24) is 4.72 Å². The number of benzene rings is 1. The van der Waals surface area contributed by atoms with Gasteiger partial charge in [-0.3, -0.25) is 10.1 Å². The van der Waals surface area contributed by atoms with Crippen LogP contribution in [-0.4, -0.2) is 19.9 Å². The molecule has 1 rings (SSSR count). The Morgan fingerprint density at radius 3 is 2.47 bits per heavy atom. The van der Waals surface area contributed by atoms with Crippen molar-refractivity contribution in [3.63, 3.8) is 0 Å². The summed E-state index contributed by atoms with van der Waals surface area (Å²) < 4.78 is 25.9. The van der Waals surface area contributed by atoms with Crippen molar-refractivity contribution in [2.75, 3.05) is 6.54 Å². The number of hydrogen-bond acceptors (Lipinski definition) is 4. The molecule has 0 saturated heterocycles. The molecule has 19 heavy (non-hydrogen) atoms. The van der Waals surface area contributed by atoms with Crippen LogP contribution in [0.2, 0.25) is 0 Å². The van der Waals surface area contributed by atoms with Gasteiger partial charge >= 0.3 is 0 Å². The van der Waals surface area contributed by atoms with Crippen LogP contribution in [0.15, 0.2) is 36.4 Å². The van der Waals surface area contributed by atoms with Gasteiger partial charge < -0.3 is 0 Å². The molecule has 0 atom stereocenters. The van der Waals surface area contributed by atoms with Crippen LogP contribution in [0.3, 0.4) is 0 Å². The first-order valence-electron chi connectivity index (χ1n) is 5.76. The standard InChI is InChI=1S/C12H16N2O4S/c1-2-3-4-9-13-19(17,18)10-11-5-7-12(8-6-11)14(15)16/h2-3,5-8,13H,4,9-10H2,1H3/b3-2+. The number of rotatable bonds is 7. The maximum atomic E-state index is 11.7. The van der Waals surface area contributed by atoms with E-state index in [2.05, 4.69) is 4.72 Å². The molecule has 0 spiro atoms. The highest BCUT2D eigenvalue weighted by molar-refractivity contribution is 7.88. The number of allylic oxidation sites excluding steroid dienone is 1. The summed E-state index contributed by atoms with van der Waals surface area (Å²) in [5.74, 6) is -0.180. The molecule has 0 aliphatic heterocycles. The molecule has 0 saturated carbocycles. The van der Waals surface area contributed by atoms with Crippen molar-refractivity contribution >= 4 is 15.7 Å². The molecule has 0 bridgehead atoms. The summed E-state index contributed by atoms with van der Waals surface area (Å²) in [6.45, 7) is 2.21. The van der Waals surface area contributed by atoms with E-state index in [9.17, 15) is 18.5 Å². The Kier molecular flexibility index (Phi) is 5.65. The molecule has 0 aliphatic carbocycles. The fraction of sp³-hybridized carbons (Fsp3) is 0.333. The first-order valence-corrected chi connectivity index (χ1v) is 7.41. The van der Waals surface area contributed by atoms with Crippen LogP contribution >= 0.6 is 0 Å². The molecule has 1 aromatic rings. The van der Waals surface area contributed by atoms with E-state index >= 15 is 0 Å². The zero-order valence-electron chi connectivity index (χ0n) is 10.6. The summed E-state index contributed by atoms with van der Waals surface area (Å²) in [6, 6.07) is 5.49. The number of nitrogens with one attached hydrogen (secondary N) is 1. The number of nitro groups is 1. The van der Waals surface area contributed by atoms with Crippen LogP contribution in [0.1, 0.15) is 18.9 Å². The van der Waals surface area contributed by atoms with E-state index in [1.807, 2.05) is 19.1 Å². The Labute approximate surface area is 112 Å². The highest BCUT2D eigenvalue weighted by Crippen LogP contribution is 2.13. The maximum Gasteiger partial charge on any atom is 0.269 e. The molecule has 1 N–H and O–H groups in total. The van der Waals surface area contributed by atoms with Gasteiger partial charge in [0.05, 0.1) is 10.7 Å². The molecular weight excluding hydrogens is 268 g/mol. The molecule has 7 heteroatoms. The third-order valence-electron chi connectivity index (χ3n) is 2.37. The molecule has 6 nitrogen and oxygen atoms in total. The fourth-order valence-corrected chi connectivity index (χ4v) is 2.61. The molecule has 0 fully saturated rings. The van der Waals surface area contributed by atoms with Crippen LogP contribution in [0, 0.1) is 10.1 Å². The van der Waals surface area contributed by atoms with E-state index in [1.165, 1.54) is 24.3 Å². The van der Waals surface area contributed by atoms with E-state index in [1.54, 1.807) is 0 Å². The van der Waals surface area contributed by atoms with Gasteiger partial charge in [-0.15, -0.1) is 0 Å². The van der Waals surface area contributed by atoms with E-state index in [0.717, 1.165) is 0 Å². The topological polar surface area (TPSA) is 89.3 Å². The van der Waals surface area contributed by atoms with Crippen molar-refractivity contribution in [3.05, 3.63) is 52.1 Å². The monoisotopic (exact) mass is 284 g/mol.